The molecule has 0 aliphatic carbocycles. The van der Waals surface area contributed by atoms with E-state index in [1.165, 1.54) is 11.3 Å². The Bertz CT molecular complexity index is 509. The lowest BCUT2D eigenvalue weighted by Crippen LogP contribution is -2.23. The highest BCUT2D eigenvalue weighted by Crippen LogP contribution is 2.26. The van der Waals surface area contributed by atoms with Crippen LogP contribution in [0.15, 0.2) is 35.2 Å². The fourth-order valence-electron chi connectivity index (χ4n) is 2.20. The third-order valence-electron chi connectivity index (χ3n) is 3.11. The topological polar surface area (TPSA) is 42.7 Å². The van der Waals surface area contributed by atoms with Crippen molar-refractivity contribution < 1.29 is 0 Å². The number of rotatable bonds is 6. The summed E-state index contributed by atoms with van der Waals surface area (Å²) in [7, 11) is 1.98. The van der Waals surface area contributed by atoms with Crippen molar-refractivity contribution in [2.45, 2.75) is 32.4 Å². The van der Waals surface area contributed by atoms with Crippen LogP contribution in [0.25, 0.3) is 0 Å². The minimum atomic E-state index is 0.229. The second kappa shape index (κ2) is 6.82. The maximum absolute atomic E-state index is 4.43. The molecule has 1 N–H and O–H groups in total. The van der Waals surface area contributed by atoms with Gasteiger partial charge in [0.15, 0.2) is 0 Å². The SMILES string of the molecule is CCCn1ncc(Br)c1C(Cc1cccnc1)NC. The summed E-state index contributed by atoms with van der Waals surface area (Å²) in [6.07, 6.45) is 7.56. The lowest BCUT2D eigenvalue weighted by molar-refractivity contribution is 0.495. The third-order valence-corrected chi connectivity index (χ3v) is 3.72. The maximum atomic E-state index is 4.43. The van der Waals surface area contributed by atoms with Crippen LogP contribution in [0, 0.1) is 0 Å². The largest absolute Gasteiger partial charge is 0.311 e. The number of aryl methyl sites for hydroxylation is 1. The molecule has 4 nitrogen and oxygen atoms in total. The molecule has 0 amide bonds. The van der Waals surface area contributed by atoms with Crippen LogP contribution in [0.2, 0.25) is 0 Å². The van der Waals surface area contributed by atoms with E-state index in [2.05, 4.69) is 49.0 Å². The molecule has 2 aromatic rings. The first-order chi connectivity index (χ1) is 9.26. The average Bonchev–Trinajstić information content (AvgIpc) is 2.79. The normalized spacial score (nSPS) is 12.6. The van der Waals surface area contributed by atoms with Gasteiger partial charge in [-0.05, 0) is 47.4 Å². The summed E-state index contributed by atoms with van der Waals surface area (Å²) in [5.74, 6) is 0. The van der Waals surface area contributed by atoms with E-state index in [9.17, 15) is 0 Å². The van der Waals surface area contributed by atoms with Gasteiger partial charge in [0, 0.05) is 18.9 Å². The zero-order valence-electron chi connectivity index (χ0n) is 11.3. The van der Waals surface area contributed by atoms with Gasteiger partial charge in [-0.25, -0.2) is 0 Å². The number of halogens is 1. The van der Waals surface area contributed by atoms with Gasteiger partial charge in [0.25, 0.3) is 0 Å². The molecule has 0 aliphatic heterocycles. The molecule has 1 unspecified atom stereocenters. The van der Waals surface area contributed by atoms with Crippen LogP contribution < -0.4 is 5.32 Å². The molecule has 1 atom stereocenters. The van der Waals surface area contributed by atoms with Crippen molar-refractivity contribution in [1.29, 1.82) is 0 Å². The molecule has 2 aromatic heterocycles. The monoisotopic (exact) mass is 322 g/mol. The van der Waals surface area contributed by atoms with Gasteiger partial charge >= 0.3 is 0 Å². The minimum absolute atomic E-state index is 0.229. The number of nitrogens with zero attached hydrogens (tertiary/aromatic N) is 3. The summed E-state index contributed by atoms with van der Waals surface area (Å²) in [6, 6.07) is 4.30. The van der Waals surface area contributed by atoms with Crippen molar-refractivity contribution in [1.82, 2.24) is 20.1 Å². The average molecular weight is 323 g/mol. The fourth-order valence-corrected chi connectivity index (χ4v) is 2.77. The summed E-state index contributed by atoms with van der Waals surface area (Å²) in [5.41, 5.74) is 2.42. The van der Waals surface area contributed by atoms with Gasteiger partial charge in [-0.2, -0.15) is 5.10 Å². The van der Waals surface area contributed by atoms with Gasteiger partial charge < -0.3 is 5.32 Å². The van der Waals surface area contributed by atoms with E-state index in [0.29, 0.717) is 0 Å². The highest BCUT2D eigenvalue weighted by Gasteiger charge is 2.18. The summed E-state index contributed by atoms with van der Waals surface area (Å²) in [6.45, 7) is 3.10. The first-order valence-corrected chi connectivity index (χ1v) is 7.33. The van der Waals surface area contributed by atoms with Crippen molar-refractivity contribution in [3.05, 3.63) is 46.5 Å². The van der Waals surface area contributed by atoms with E-state index in [-0.39, 0.29) is 6.04 Å². The Hall–Kier alpha value is -1.20. The Morgan fingerprint density at radius 1 is 1.42 bits per heavy atom. The molecule has 0 fully saturated rings. The molecule has 0 bridgehead atoms. The molecule has 0 saturated carbocycles. The van der Waals surface area contributed by atoms with Crippen molar-refractivity contribution in [2.75, 3.05) is 7.05 Å². The van der Waals surface area contributed by atoms with Crippen LogP contribution in [0.5, 0.6) is 0 Å². The van der Waals surface area contributed by atoms with Gasteiger partial charge in [-0.15, -0.1) is 0 Å². The van der Waals surface area contributed by atoms with Crippen LogP contribution in [0.4, 0.5) is 0 Å². The Morgan fingerprint density at radius 2 is 2.26 bits per heavy atom. The van der Waals surface area contributed by atoms with Crippen LogP contribution >= 0.6 is 15.9 Å². The molecule has 0 spiro atoms. The summed E-state index contributed by atoms with van der Waals surface area (Å²) in [5, 5.41) is 7.80. The number of hydrogen-bond donors (Lipinski definition) is 1. The van der Waals surface area contributed by atoms with Crippen molar-refractivity contribution in [2.24, 2.45) is 0 Å². The Kier molecular flexibility index (Phi) is 5.10. The van der Waals surface area contributed by atoms with Gasteiger partial charge in [0.05, 0.1) is 22.4 Å². The Labute approximate surface area is 122 Å². The lowest BCUT2D eigenvalue weighted by Gasteiger charge is -2.18. The standard InChI is InChI=1S/C14H19BrN4/c1-3-7-19-14(12(15)10-18-19)13(16-2)8-11-5-4-6-17-9-11/h4-6,9-10,13,16H,3,7-8H2,1-2H3. The predicted octanol–water partition coefficient (Wildman–Crippen LogP) is 2.95. The number of nitrogens with one attached hydrogen (secondary N) is 1. The van der Waals surface area contributed by atoms with E-state index < -0.39 is 0 Å². The lowest BCUT2D eigenvalue weighted by atomic mass is 10.0. The van der Waals surface area contributed by atoms with E-state index >= 15 is 0 Å². The minimum Gasteiger partial charge on any atom is -0.311 e. The number of pyridine rings is 1. The van der Waals surface area contributed by atoms with Gasteiger partial charge in [0.1, 0.15) is 0 Å². The molecule has 2 rings (SSSR count). The fraction of sp³-hybridized carbons (Fsp3) is 0.429. The molecular formula is C14H19BrN4. The second-order valence-corrected chi connectivity index (χ2v) is 5.36. The number of likely N-dealkylation sites (N-methyl/N-ethyl adjacent to an activating group) is 1. The molecule has 0 aromatic carbocycles. The van der Waals surface area contributed by atoms with Crippen LogP contribution in [-0.2, 0) is 13.0 Å². The first kappa shape index (κ1) is 14.2. The number of aromatic nitrogens is 3. The van der Waals surface area contributed by atoms with E-state index in [1.807, 2.05) is 25.5 Å². The molecule has 0 aliphatic rings. The zero-order valence-corrected chi connectivity index (χ0v) is 12.9. The highest BCUT2D eigenvalue weighted by atomic mass is 79.9. The predicted molar refractivity (Wildman–Crippen MR) is 80.0 cm³/mol. The molecule has 102 valence electrons. The summed E-state index contributed by atoms with van der Waals surface area (Å²) in [4.78, 5) is 4.17. The quantitative estimate of drug-likeness (QED) is 0.889. The summed E-state index contributed by atoms with van der Waals surface area (Å²) < 4.78 is 3.13. The Morgan fingerprint density at radius 3 is 2.89 bits per heavy atom. The molecular weight excluding hydrogens is 304 g/mol. The molecule has 2 heterocycles. The number of hydrogen-bond acceptors (Lipinski definition) is 3. The molecule has 0 saturated heterocycles. The molecule has 19 heavy (non-hydrogen) atoms. The summed E-state index contributed by atoms with van der Waals surface area (Å²) >= 11 is 3.60. The van der Waals surface area contributed by atoms with Gasteiger partial charge in [-0.1, -0.05) is 13.0 Å². The Balaban J connectivity index is 2.24. The van der Waals surface area contributed by atoms with E-state index in [4.69, 9.17) is 0 Å². The highest BCUT2D eigenvalue weighted by molar-refractivity contribution is 9.10. The van der Waals surface area contributed by atoms with E-state index in [1.54, 1.807) is 6.20 Å². The van der Waals surface area contributed by atoms with Crippen LogP contribution in [0.3, 0.4) is 0 Å². The molecule has 5 heteroatoms. The maximum Gasteiger partial charge on any atom is 0.0698 e. The van der Waals surface area contributed by atoms with Crippen molar-refractivity contribution in [3.63, 3.8) is 0 Å². The third kappa shape index (κ3) is 3.42. The van der Waals surface area contributed by atoms with Gasteiger partial charge in [-0.3, -0.25) is 9.67 Å². The van der Waals surface area contributed by atoms with Crippen molar-refractivity contribution >= 4 is 15.9 Å². The van der Waals surface area contributed by atoms with E-state index in [0.717, 1.165) is 23.9 Å². The molecule has 0 radical (unpaired) electrons. The zero-order chi connectivity index (χ0) is 13.7. The first-order valence-electron chi connectivity index (χ1n) is 6.53. The van der Waals surface area contributed by atoms with Gasteiger partial charge in [0.2, 0.25) is 0 Å². The van der Waals surface area contributed by atoms with Crippen LogP contribution in [0.1, 0.15) is 30.6 Å². The second-order valence-electron chi connectivity index (χ2n) is 4.51. The van der Waals surface area contributed by atoms with Crippen molar-refractivity contribution in [3.8, 4) is 0 Å². The van der Waals surface area contributed by atoms with Crippen LogP contribution in [-0.4, -0.2) is 21.8 Å². The smallest absolute Gasteiger partial charge is 0.0698 e.